The molecule has 1 saturated heterocycles. The molecule has 0 bridgehead atoms. The number of likely N-dealkylation sites (tertiary alicyclic amines) is 1. The molecule has 0 spiro atoms. The Labute approximate surface area is 128 Å². The van der Waals surface area contributed by atoms with Gasteiger partial charge in [0.2, 0.25) is 0 Å². The fraction of sp³-hybridized carbons (Fsp3) is 0.647. The minimum absolute atomic E-state index is 0.573. The molecule has 1 fully saturated rings. The van der Waals surface area contributed by atoms with Gasteiger partial charge < -0.3 is 19.7 Å². The molecule has 2 rings (SSSR count). The Balaban J connectivity index is 1.96. The van der Waals surface area contributed by atoms with Gasteiger partial charge in [0.25, 0.3) is 0 Å². The summed E-state index contributed by atoms with van der Waals surface area (Å²) in [6.07, 6.45) is 1.20. The van der Waals surface area contributed by atoms with Crippen LogP contribution in [0, 0.1) is 5.92 Å². The first kappa shape index (κ1) is 16.1. The average Bonchev–Trinajstić information content (AvgIpc) is 2.49. The lowest BCUT2D eigenvalue weighted by molar-refractivity contribution is 0.121. The average molecular weight is 292 g/mol. The van der Waals surface area contributed by atoms with Crippen molar-refractivity contribution < 1.29 is 9.47 Å². The summed E-state index contributed by atoms with van der Waals surface area (Å²) in [5.74, 6) is 2.25. The predicted octanol–water partition coefficient (Wildman–Crippen LogP) is 2.52. The summed E-state index contributed by atoms with van der Waals surface area (Å²) >= 11 is 0. The number of hydrogen-bond donors (Lipinski definition) is 1. The van der Waals surface area contributed by atoms with Crippen LogP contribution in [0.1, 0.15) is 25.8 Å². The van der Waals surface area contributed by atoms with E-state index in [-0.39, 0.29) is 0 Å². The number of benzene rings is 1. The van der Waals surface area contributed by atoms with Gasteiger partial charge in [-0.2, -0.15) is 0 Å². The third-order valence-electron chi connectivity index (χ3n) is 4.63. The zero-order chi connectivity index (χ0) is 15.4. The Kier molecular flexibility index (Phi) is 5.48. The highest BCUT2D eigenvalue weighted by Gasteiger charge is 2.28. The maximum atomic E-state index is 5.36. The van der Waals surface area contributed by atoms with E-state index in [2.05, 4.69) is 43.2 Å². The van der Waals surface area contributed by atoms with Crippen LogP contribution in [0.3, 0.4) is 0 Å². The minimum atomic E-state index is 0.573. The number of nitrogens with one attached hydrogen (secondary N) is 1. The maximum absolute atomic E-state index is 5.36. The van der Waals surface area contributed by atoms with Gasteiger partial charge in [0.05, 0.1) is 14.2 Å². The first-order valence-electron chi connectivity index (χ1n) is 7.69. The Morgan fingerprint density at radius 1 is 1.19 bits per heavy atom. The SMILES string of the molecule is COc1ccc(CN[C@H]2C[C@H](C)N(C)C[C@H]2C)cc1OC. The van der Waals surface area contributed by atoms with Gasteiger partial charge >= 0.3 is 0 Å². The van der Waals surface area contributed by atoms with Crippen molar-refractivity contribution in [3.63, 3.8) is 0 Å². The Morgan fingerprint density at radius 3 is 2.57 bits per heavy atom. The molecule has 118 valence electrons. The van der Waals surface area contributed by atoms with E-state index in [9.17, 15) is 0 Å². The van der Waals surface area contributed by atoms with Crippen molar-refractivity contribution in [2.75, 3.05) is 27.8 Å². The summed E-state index contributed by atoms with van der Waals surface area (Å²) in [5.41, 5.74) is 1.23. The van der Waals surface area contributed by atoms with Crippen LogP contribution in [0.25, 0.3) is 0 Å². The van der Waals surface area contributed by atoms with Gasteiger partial charge in [0, 0.05) is 25.2 Å². The van der Waals surface area contributed by atoms with Crippen molar-refractivity contribution in [3.8, 4) is 11.5 Å². The summed E-state index contributed by atoms with van der Waals surface area (Å²) in [5, 5.41) is 3.70. The van der Waals surface area contributed by atoms with Gasteiger partial charge in [-0.3, -0.25) is 0 Å². The van der Waals surface area contributed by atoms with E-state index in [0.717, 1.165) is 24.6 Å². The van der Waals surface area contributed by atoms with Crippen molar-refractivity contribution in [2.45, 2.75) is 38.9 Å². The molecule has 0 unspecified atom stereocenters. The van der Waals surface area contributed by atoms with Gasteiger partial charge in [-0.25, -0.2) is 0 Å². The third kappa shape index (κ3) is 3.89. The zero-order valence-corrected chi connectivity index (χ0v) is 13.8. The molecule has 0 amide bonds. The second-order valence-corrected chi connectivity index (χ2v) is 6.18. The largest absolute Gasteiger partial charge is 0.493 e. The minimum Gasteiger partial charge on any atom is -0.493 e. The molecule has 4 nitrogen and oxygen atoms in total. The predicted molar refractivity (Wildman–Crippen MR) is 86.0 cm³/mol. The zero-order valence-electron chi connectivity index (χ0n) is 13.8. The Bertz CT molecular complexity index is 464. The molecule has 3 atom stereocenters. The second kappa shape index (κ2) is 7.14. The maximum Gasteiger partial charge on any atom is 0.161 e. The van der Waals surface area contributed by atoms with Crippen molar-refractivity contribution in [3.05, 3.63) is 23.8 Å². The Morgan fingerprint density at radius 2 is 1.90 bits per heavy atom. The third-order valence-corrected chi connectivity index (χ3v) is 4.63. The Hall–Kier alpha value is -1.26. The summed E-state index contributed by atoms with van der Waals surface area (Å²) in [6.45, 7) is 6.65. The molecule has 4 heteroatoms. The molecule has 0 radical (unpaired) electrons. The van der Waals surface area contributed by atoms with Crippen LogP contribution < -0.4 is 14.8 Å². The molecule has 1 aromatic rings. The molecule has 21 heavy (non-hydrogen) atoms. The van der Waals surface area contributed by atoms with E-state index in [1.165, 1.54) is 12.0 Å². The molecule has 0 saturated carbocycles. The van der Waals surface area contributed by atoms with Gasteiger partial charge in [0.15, 0.2) is 11.5 Å². The monoisotopic (exact) mass is 292 g/mol. The molecule has 1 heterocycles. The molecule has 0 aliphatic carbocycles. The normalized spacial score (nSPS) is 26.6. The first-order chi connectivity index (χ1) is 10.0. The number of nitrogens with zero attached hydrogens (tertiary/aromatic N) is 1. The van der Waals surface area contributed by atoms with E-state index < -0.39 is 0 Å². The van der Waals surface area contributed by atoms with E-state index in [4.69, 9.17) is 9.47 Å². The van der Waals surface area contributed by atoms with Crippen LogP contribution in [-0.2, 0) is 6.54 Å². The van der Waals surface area contributed by atoms with E-state index >= 15 is 0 Å². The lowest BCUT2D eigenvalue weighted by Gasteiger charge is -2.40. The highest BCUT2D eigenvalue weighted by Crippen LogP contribution is 2.28. The second-order valence-electron chi connectivity index (χ2n) is 6.18. The molecule has 1 aromatic carbocycles. The quantitative estimate of drug-likeness (QED) is 0.904. The van der Waals surface area contributed by atoms with Gasteiger partial charge in [-0.15, -0.1) is 0 Å². The summed E-state index contributed by atoms with van der Waals surface area (Å²) in [6, 6.07) is 7.33. The molecular formula is C17H28N2O2. The van der Waals surface area contributed by atoms with Crippen LogP contribution >= 0.6 is 0 Å². The lowest BCUT2D eigenvalue weighted by atomic mass is 9.89. The van der Waals surface area contributed by atoms with Crippen LogP contribution in [-0.4, -0.2) is 44.8 Å². The molecule has 1 N–H and O–H groups in total. The highest BCUT2D eigenvalue weighted by atomic mass is 16.5. The van der Waals surface area contributed by atoms with E-state index in [1.54, 1.807) is 14.2 Å². The van der Waals surface area contributed by atoms with Crippen LogP contribution in [0.5, 0.6) is 11.5 Å². The smallest absolute Gasteiger partial charge is 0.161 e. The van der Waals surface area contributed by atoms with Crippen molar-refractivity contribution >= 4 is 0 Å². The van der Waals surface area contributed by atoms with E-state index in [0.29, 0.717) is 18.0 Å². The van der Waals surface area contributed by atoms with Crippen molar-refractivity contribution in [1.82, 2.24) is 10.2 Å². The number of piperidine rings is 1. The summed E-state index contributed by atoms with van der Waals surface area (Å²) < 4.78 is 10.6. The summed E-state index contributed by atoms with van der Waals surface area (Å²) in [7, 11) is 5.55. The fourth-order valence-electron chi connectivity index (χ4n) is 3.07. The highest BCUT2D eigenvalue weighted by molar-refractivity contribution is 5.42. The van der Waals surface area contributed by atoms with Crippen LogP contribution in [0.2, 0.25) is 0 Å². The lowest BCUT2D eigenvalue weighted by Crippen LogP contribution is -2.50. The van der Waals surface area contributed by atoms with Crippen LogP contribution in [0.4, 0.5) is 0 Å². The van der Waals surface area contributed by atoms with Crippen LogP contribution in [0.15, 0.2) is 18.2 Å². The van der Waals surface area contributed by atoms with Gasteiger partial charge in [0.1, 0.15) is 0 Å². The van der Waals surface area contributed by atoms with Crippen molar-refractivity contribution in [2.24, 2.45) is 5.92 Å². The van der Waals surface area contributed by atoms with E-state index in [1.807, 2.05) is 6.07 Å². The summed E-state index contributed by atoms with van der Waals surface area (Å²) in [4.78, 5) is 2.44. The number of ether oxygens (including phenoxy) is 2. The van der Waals surface area contributed by atoms with Gasteiger partial charge in [-0.1, -0.05) is 13.0 Å². The molecular weight excluding hydrogens is 264 g/mol. The number of methoxy groups -OCH3 is 2. The first-order valence-corrected chi connectivity index (χ1v) is 7.69. The molecule has 1 aliphatic rings. The number of hydrogen-bond acceptors (Lipinski definition) is 4. The van der Waals surface area contributed by atoms with Gasteiger partial charge in [-0.05, 0) is 44.0 Å². The topological polar surface area (TPSA) is 33.7 Å². The fourth-order valence-corrected chi connectivity index (χ4v) is 3.07. The number of rotatable bonds is 5. The molecule has 1 aliphatic heterocycles. The van der Waals surface area contributed by atoms with Crippen molar-refractivity contribution in [1.29, 1.82) is 0 Å². The standard InChI is InChI=1S/C17H28N2O2/c1-12-11-19(3)13(2)8-15(12)18-10-14-6-7-16(20-4)17(9-14)21-5/h6-7,9,12-13,15,18H,8,10-11H2,1-5H3/t12-,13+,15+/m1/s1. The molecule has 0 aromatic heterocycles.